The molecule has 0 aliphatic carbocycles. The van der Waals surface area contributed by atoms with E-state index >= 15 is 0 Å². The normalized spacial score (nSPS) is 15.8. The SMILES string of the molecule is CCNC(=NCCCCN1CCC(C(N)=O)CC1)N(C)CCOc1ccc(Cl)cc1. The number of hydrogen-bond donors (Lipinski definition) is 2. The number of carbonyl (C=O) groups is 1. The van der Waals surface area contributed by atoms with Gasteiger partial charge in [0.2, 0.25) is 5.91 Å². The van der Waals surface area contributed by atoms with E-state index in [2.05, 4.69) is 22.0 Å². The van der Waals surface area contributed by atoms with Crippen molar-refractivity contribution >= 4 is 23.5 Å². The average Bonchev–Trinajstić information content (AvgIpc) is 2.74. The molecule has 0 saturated carbocycles. The third-order valence-electron chi connectivity index (χ3n) is 5.34. The number of rotatable bonds is 11. The van der Waals surface area contributed by atoms with Crippen LogP contribution >= 0.6 is 11.6 Å². The first-order chi connectivity index (χ1) is 14.5. The van der Waals surface area contributed by atoms with Gasteiger partial charge in [-0.05, 0) is 76.5 Å². The van der Waals surface area contributed by atoms with Crippen molar-refractivity contribution in [3.63, 3.8) is 0 Å². The largest absolute Gasteiger partial charge is 0.492 e. The zero-order chi connectivity index (χ0) is 21.8. The molecule has 1 aliphatic rings. The van der Waals surface area contributed by atoms with Crippen LogP contribution in [0.3, 0.4) is 0 Å². The Balaban J connectivity index is 1.65. The molecule has 0 unspecified atom stereocenters. The van der Waals surface area contributed by atoms with Gasteiger partial charge >= 0.3 is 0 Å². The minimum atomic E-state index is -0.150. The minimum absolute atomic E-state index is 0.0627. The van der Waals surface area contributed by atoms with E-state index in [9.17, 15) is 4.79 Å². The number of carbonyl (C=O) groups excluding carboxylic acids is 1. The Morgan fingerprint density at radius 1 is 1.30 bits per heavy atom. The van der Waals surface area contributed by atoms with Crippen LogP contribution in [-0.4, -0.2) is 74.6 Å². The van der Waals surface area contributed by atoms with E-state index in [4.69, 9.17) is 27.1 Å². The highest BCUT2D eigenvalue weighted by Crippen LogP contribution is 2.17. The summed E-state index contributed by atoms with van der Waals surface area (Å²) in [7, 11) is 2.02. The Morgan fingerprint density at radius 3 is 2.63 bits per heavy atom. The number of nitrogens with one attached hydrogen (secondary N) is 1. The smallest absolute Gasteiger partial charge is 0.220 e. The van der Waals surface area contributed by atoms with Gasteiger partial charge in [-0.15, -0.1) is 0 Å². The average molecular weight is 438 g/mol. The van der Waals surface area contributed by atoms with Crippen LogP contribution < -0.4 is 15.8 Å². The summed E-state index contributed by atoms with van der Waals surface area (Å²) in [6.07, 6.45) is 3.93. The Kier molecular flexibility index (Phi) is 10.8. The fraction of sp³-hybridized carbons (Fsp3) is 0.636. The molecule has 0 atom stereocenters. The van der Waals surface area contributed by atoms with Crippen LogP contribution in [0.4, 0.5) is 0 Å². The van der Waals surface area contributed by atoms with Crippen molar-refractivity contribution in [2.24, 2.45) is 16.6 Å². The molecule has 1 saturated heterocycles. The molecule has 8 heteroatoms. The number of likely N-dealkylation sites (N-methyl/N-ethyl adjacent to an activating group) is 1. The molecule has 3 N–H and O–H groups in total. The number of unbranched alkanes of at least 4 members (excludes halogenated alkanes) is 1. The van der Waals surface area contributed by atoms with Crippen molar-refractivity contribution in [2.75, 3.05) is 52.9 Å². The van der Waals surface area contributed by atoms with Gasteiger partial charge in [-0.1, -0.05) is 11.6 Å². The number of hydrogen-bond acceptors (Lipinski definition) is 4. The zero-order valence-corrected chi connectivity index (χ0v) is 19.0. The summed E-state index contributed by atoms with van der Waals surface area (Å²) in [4.78, 5) is 20.5. The van der Waals surface area contributed by atoms with Crippen molar-refractivity contribution in [1.29, 1.82) is 0 Å². The van der Waals surface area contributed by atoms with Crippen LogP contribution in [0.2, 0.25) is 5.02 Å². The van der Waals surface area contributed by atoms with Gasteiger partial charge in [0.05, 0.1) is 6.54 Å². The first kappa shape index (κ1) is 24.3. The van der Waals surface area contributed by atoms with Gasteiger partial charge in [0, 0.05) is 31.1 Å². The summed E-state index contributed by atoms with van der Waals surface area (Å²) in [6, 6.07) is 7.40. The third kappa shape index (κ3) is 8.79. The predicted molar refractivity (Wildman–Crippen MR) is 123 cm³/mol. The van der Waals surface area contributed by atoms with E-state index in [1.807, 2.05) is 31.3 Å². The Bertz CT molecular complexity index is 660. The summed E-state index contributed by atoms with van der Waals surface area (Å²) in [5.74, 6) is 1.63. The minimum Gasteiger partial charge on any atom is -0.492 e. The molecule has 0 spiro atoms. The molecule has 0 aromatic heterocycles. The van der Waals surface area contributed by atoms with Gasteiger partial charge < -0.3 is 25.6 Å². The molecular weight excluding hydrogens is 402 g/mol. The number of primary amides is 1. The van der Waals surface area contributed by atoms with Gasteiger partial charge in [0.25, 0.3) is 0 Å². The molecule has 1 aliphatic heterocycles. The lowest BCUT2D eigenvalue weighted by atomic mass is 9.96. The van der Waals surface area contributed by atoms with Crippen LogP contribution in [0, 0.1) is 5.92 Å². The zero-order valence-electron chi connectivity index (χ0n) is 18.3. The van der Waals surface area contributed by atoms with E-state index in [1.54, 1.807) is 0 Å². The van der Waals surface area contributed by atoms with Gasteiger partial charge in [-0.3, -0.25) is 9.79 Å². The lowest BCUT2D eigenvalue weighted by Gasteiger charge is -2.30. The number of aliphatic imine (C=N–C) groups is 1. The van der Waals surface area contributed by atoms with Gasteiger partial charge in [0.15, 0.2) is 5.96 Å². The number of amides is 1. The van der Waals surface area contributed by atoms with E-state index in [0.29, 0.717) is 11.6 Å². The molecule has 7 nitrogen and oxygen atoms in total. The molecule has 168 valence electrons. The van der Waals surface area contributed by atoms with Gasteiger partial charge in [-0.2, -0.15) is 0 Å². The second kappa shape index (κ2) is 13.3. The molecule has 0 radical (unpaired) electrons. The Hall–Kier alpha value is -1.99. The molecule has 2 rings (SSSR count). The van der Waals surface area contributed by atoms with Crippen LogP contribution in [-0.2, 0) is 4.79 Å². The number of ether oxygens (including phenoxy) is 1. The maximum atomic E-state index is 11.2. The van der Waals surface area contributed by atoms with E-state index in [0.717, 1.165) is 76.7 Å². The second-order valence-electron chi connectivity index (χ2n) is 7.68. The summed E-state index contributed by atoms with van der Waals surface area (Å²) in [5, 5.41) is 4.05. The molecule has 1 amide bonds. The number of benzene rings is 1. The van der Waals surface area contributed by atoms with Crippen molar-refractivity contribution in [3.8, 4) is 5.75 Å². The lowest BCUT2D eigenvalue weighted by molar-refractivity contribution is -0.123. The monoisotopic (exact) mass is 437 g/mol. The molecular formula is C22H36ClN5O2. The van der Waals surface area contributed by atoms with Crippen LogP contribution in [0.25, 0.3) is 0 Å². The quantitative estimate of drug-likeness (QED) is 0.316. The first-order valence-corrected chi connectivity index (χ1v) is 11.3. The topological polar surface area (TPSA) is 83.2 Å². The number of halogens is 1. The van der Waals surface area contributed by atoms with Crippen molar-refractivity contribution in [2.45, 2.75) is 32.6 Å². The molecule has 1 aromatic rings. The highest BCUT2D eigenvalue weighted by Gasteiger charge is 2.22. The van der Waals surface area contributed by atoms with Crippen molar-refractivity contribution in [1.82, 2.24) is 15.1 Å². The Labute approximate surface area is 185 Å². The second-order valence-corrected chi connectivity index (χ2v) is 8.12. The summed E-state index contributed by atoms with van der Waals surface area (Å²) >= 11 is 5.90. The highest BCUT2D eigenvalue weighted by molar-refractivity contribution is 6.30. The number of guanidine groups is 1. The van der Waals surface area contributed by atoms with E-state index in [1.165, 1.54) is 0 Å². The van der Waals surface area contributed by atoms with Crippen molar-refractivity contribution < 1.29 is 9.53 Å². The highest BCUT2D eigenvalue weighted by atomic mass is 35.5. The van der Waals surface area contributed by atoms with Crippen LogP contribution in [0.1, 0.15) is 32.6 Å². The van der Waals surface area contributed by atoms with Crippen LogP contribution in [0.5, 0.6) is 5.75 Å². The molecule has 1 fully saturated rings. The maximum absolute atomic E-state index is 11.2. The number of likely N-dealkylation sites (tertiary alicyclic amines) is 1. The van der Waals surface area contributed by atoms with Gasteiger partial charge in [-0.25, -0.2) is 0 Å². The molecule has 1 aromatic carbocycles. The lowest BCUT2D eigenvalue weighted by Crippen LogP contribution is -2.41. The number of nitrogens with two attached hydrogens (primary N) is 1. The fourth-order valence-corrected chi connectivity index (χ4v) is 3.61. The number of piperidine rings is 1. The molecule has 0 bridgehead atoms. The number of nitrogens with zero attached hydrogens (tertiary/aromatic N) is 3. The van der Waals surface area contributed by atoms with Crippen molar-refractivity contribution in [3.05, 3.63) is 29.3 Å². The summed E-state index contributed by atoms with van der Waals surface area (Å²) < 4.78 is 5.77. The fourth-order valence-electron chi connectivity index (χ4n) is 3.48. The summed E-state index contributed by atoms with van der Waals surface area (Å²) in [6.45, 7) is 8.00. The maximum Gasteiger partial charge on any atom is 0.220 e. The van der Waals surface area contributed by atoms with Crippen LogP contribution in [0.15, 0.2) is 29.3 Å². The first-order valence-electron chi connectivity index (χ1n) is 10.9. The molecule has 1 heterocycles. The van der Waals surface area contributed by atoms with E-state index < -0.39 is 0 Å². The van der Waals surface area contributed by atoms with Gasteiger partial charge in [0.1, 0.15) is 12.4 Å². The third-order valence-corrected chi connectivity index (χ3v) is 5.59. The van der Waals surface area contributed by atoms with E-state index in [-0.39, 0.29) is 11.8 Å². The summed E-state index contributed by atoms with van der Waals surface area (Å²) in [5.41, 5.74) is 5.40. The molecule has 30 heavy (non-hydrogen) atoms. The standard InChI is InChI=1S/C22H36ClN5O2/c1-3-25-22(27(2)16-17-30-20-8-6-19(23)7-9-20)26-12-4-5-13-28-14-10-18(11-15-28)21(24)29/h6-9,18H,3-5,10-17H2,1-2H3,(H2,24,29)(H,25,26). The predicted octanol–water partition coefficient (Wildman–Crippen LogP) is 2.59. The Morgan fingerprint density at radius 2 is 2.00 bits per heavy atom.